The number of benzene rings is 1. The molecule has 5 heteroatoms. The molecule has 0 atom stereocenters. The van der Waals surface area contributed by atoms with E-state index in [-0.39, 0.29) is 0 Å². The van der Waals surface area contributed by atoms with Gasteiger partial charge in [-0.1, -0.05) is 76.5 Å². The van der Waals surface area contributed by atoms with Crippen LogP contribution in [-0.4, -0.2) is 23.2 Å². The highest BCUT2D eigenvalue weighted by Gasteiger charge is 2.30. The van der Waals surface area contributed by atoms with Gasteiger partial charge in [-0.15, -0.1) is 0 Å². The Hall–Kier alpha value is -1.10. The zero-order valence-electron chi connectivity index (χ0n) is 19.2. The number of rotatable bonds is 12. The monoisotopic (exact) mass is 450 g/mol. The van der Waals surface area contributed by atoms with E-state index < -0.39 is 13.7 Å². The van der Waals surface area contributed by atoms with Gasteiger partial charge in [0.05, 0.1) is 9.52 Å². The summed E-state index contributed by atoms with van der Waals surface area (Å²) in [7, 11) is 0.545. The van der Waals surface area contributed by atoms with Crippen LogP contribution in [0.25, 0.3) is 0 Å². The molecule has 0 saturated heterocycles. The van der Waals surface area contributed by atoms with Gasteiger partial charge >= 0.3 is 0 Å². The van der Waals surface area contributed by atoms with Crippen LogP contribution in [0.3, 0.4) is 0 Å². The number of hydrogen-bond donors (Lipinski definition) is 0. The van der Waals surface area contributed by atoms with E-state index in [4.69, 9.17) is 9.47 Å². The van der Waals surface area contributed by atoms with Gasteiger partial charge in [0, 0.05) is 0 Å². The largest absolute Gasteiger partial charge is 0.459 e. The molecule has 2 saturated carbocycles. The second-order valence-corrected chi connectivity index (χ2v) is 10.9. The second-order valence-electron chi connectivity index (χ2n) is 9.58. The van der Waals surface area contributed by atoms with Crippen LogP contribution in [0.2, 0.25) is 6.04 Å². The zero-order chi connectivity index (χ0) is 21.9. The summed E-state index contributed by atoms with van der Waals surface area (Å²) in [4.78, 5) is 0. The molecule has 0 heterocycles. The SMILES string of the molecule is CCCCCC1CCC(C2CCC(C[Si]c3cccc(OCF)c3OCF)CC2)CC1. The molecule has 2 radical (unpaired) electrons. The summed E-state index contributed by atoms with van der Waals surface area (Å²) in [6, 6.07) is 6.55. The summed E-state index contributed by atoms with van der Waals surface area (Å²) in [5, 5.41) is 0.951. The van der Waals surface area contributed by atoms with E-state index >= 15 is 0 Å². The van der Waals surface area contributed by atoms with Crippen molar-refractivity contribution in [3.05, 3.63) is 18.2 Å². The highest BCUT2D eigenvalue weighted by atomic mass is 28.2. The lowest BCUT2D eigenvalue weighted by molar-refractivity contribution is 0.146. The minimum absolute atomic E-state index is 0.305. The van der Waals surface area contributed by atoms with Crippen LogP contribution < -0.4 is 14.7 Å². The lowest BCUT2D eigenvalue weighted by Crippen LogP contribution is -2.27. The van der Waals surface area contributed by atoms with Crippen molar-refractivity contribution < 1.29 is 18.3 Å². The number of unbranched alkanes of at least 4 members (excludes halogenated alkanes) is 2. The minimum Gasteiger partial charge on any atom is -0.459 e. The summed E-state index contributed by atoms with van der Waals surface area (Å²) in [5.41, 5.74) is 0. The topological polar surface area (TPSA) is 18.5 Å². The minimum atomic E-state index is -0.931. The Morgan fingerprint density at radius 2 is 1.48 bits per heavy atom. The van der Waals surface area contributed by atoms with Crippen molar-refractivity contribution in [3.8, 4) is 11.5 Å². The first kappa shape index (κ1) is 24.5. The number of alkyl halides is 2. The van der Waals surface area contributed by atoms with Gasteiger partial charge in [-0.25, -0.2) is 8.78 Å². The third-order valence-corrected chi connectivity index (χ3v) is 9.19. The van der Waals surface area contributed by atoms with Crippen LogP contribution in [0.5, 0.6) is 11.5 Å². The summed E-state index contributed by atoms with van der Waals surface area (Å²) in [6.07, 6.45) is 16.8. The third kappa shape index (κ3) is 7.47. The van der Waals surface area contributed by atoms with Gasteiger partial charge in [0.25, 0.3) is 0 Å². The molecule has 3 rings (SSSR count). The van der Waals surface area contributed by atoms with E-state index in [0.29, 0.717) is 21.0 Å². The number of para-hydroxylation sites is 1. The molecule has 2 aliphatic rings. The number of halogens is 2. The van der Waals surface area contributed by atoms with E-state index in [9.17, 15) is 8.78 Å². The lowest BCUT2D eigenvalue weighted by atomic mass is 9.69. The fourth-order valence-electron chi connectivity index (χ4n) is 5.78. The predicted molar refractivity (Wildman–Crippen MR) is 125 cm³/mol. The van der Waals surface area contributed by atoms with E-state index in [1.165, 1.54) is 77.0 Å². The average molecular weight is 451 g/mol. The normalized spacial score (nSPS) is 26.5. The Balaban J connectivity index is 1.41. The van der Waals surface area contributed by atoms with Crippen molar-refractivity contribution in [1.82, 2.24) is 0 Å². The highest BCUT2D eigenvalue weighted by molar-refractivity contribution is 6.54. The van der Waals surface area contributed by atoms with Gasteiger partial charge in [-0.2, -0.15) is 0 Å². The molecule has 0 N–H and O–H groups in total. The summed E-state index contributed by atoms with van der Waals surface area (Å²) < 4.78 is 35.6. The lowest BCUT2D eigenvalue weighted by Gasteiger charge is -2.38. The standard InChI is InChI=1S/C26H40F2O2Si/c1-2-3-4-6-20-9-13-22(14-10-20)23-15-11-21(12-16-23)17-31-25-8-5-7-24(29-18-27)26(25)30-19-28/h5,7-8,20-23H,2-4,6,9-19H2,1H3. The van der Waals surface area contributed by atoms with Crippen molar-refractivity contribution in [3.63, 3.8) is 0 Å². The molecule has 2 nitrogen and oxygen atoms in total. The molecule has 1 aromatic rings. The molecule has 0 unspecified atom stereocenters. The number of ether oxygens (including phenoxy) is 2. The Morgan fingerprint density at radius 3 is 2.10 bits per heavy atom. The van der Waals surface area contributed by atoms with Gasteiger partial charge in [-0.3, -0.25) is 0 Å². The molecule has 2 fully saturated rings. The van der Waals surface area contributed by atoms with Gasteiger partial charge in [-0.05, 0) is 60.6 Å². The Labute approximate surface area is 190 Å². The molecule has 174 valence electrons. The van der Waals surface area contributed by atoms with Crippen LogP contribution in [0.4, 0.5) is 8.78 Å². The Morgan fingerprint density at radius 1 is 0.839 bits per heavy atom. The first-order chi connectivity index (χ1) is 15.2. The third-order valence-electron chi connectivity index (χ3n) is 7.63. The maximum Gasteiger partial charge on any atom is 0.228 e. The number of hydrogen-bond acceptors (Lipinski definition) is 2. The molecule has 0 aliphatic heterocycles. The quantitative estimate of drug-likeness (QED) is 0.247. The Kier molecular flexibility index (Phi) is 10.6. The van der Waals surface area contributed by atoms with Crippen molar-refractivity contribution in [2.45, 2.75) is 90.0 Å². The molecule has 0 aromatic heterocycles. The molecule has 31 heavy (non-hydrogen) atoms. The van der Waals surface area contributed by atoms with Crippen LogP contribution >= 0.6 is 0 Å². The summed E-state index contributed by atoms with van der Waals surface area (Å²) >= 11 is 0. The predicted octanol–water partition coefficient (Wildman–Crippen LogP) is 7.24. The molecule has 0 spiro atoms. The van der Waals surface area contributed by atoms with Crippen LogP contribution in [0.15, 0.2) is 18.2 Å². The first-order valence-corrected chi connectivity index (χ1v) is 13.7. The van der Waals surface area contributed by atoms with Gasteiger partial charge in [0.2, 0.25) is 13.7 Å². The van der Waals surface area contributed by atoms with Gasteiger partial charge in [0.15, 0.2) is 11.5 Å². The first-order valence-electron chi connectivity index (χ1n) is 12.5. The Bertz CT molecular complexity index is 626. The molecule has 0 bridgehead atoms. The second kappa shape index (κ2) is 13.4. The molecule has 0 amide bonds. The van der Waals surface area contributed by atoms with Crippen molar-refractivity contribution in [1.29, 1.82) is 0 Å². The highest BCUT2D eigenvalue weighted by Crippen LogP contribution is 2.43. The van der Waals surface area contributed by atoms with Crippen molar-refractivity contribution in [2.24, 2.45) is 23.7 Å². The van der Waals surface area contributed by atoms with Gasteiger partial charge < -0.3 is 9.47 Å². The van der Waals surface area contributed by atoms with E-state index in [0.717, 1.165) is 34.9 Å². The fraction of sp³-hybridized carbons (Fsp3) is 0.769. The van der Waals surface area contributed by atoms with Crippen LogP contribution in [-0.2, 0) is 0 Å². The fourth-order valence-corrected chi connectivity index (χ4v) is 7.27. The molecule has 2 aliphatic carbocycles. The van der Waals surface area contributed by atoms with E-state index in [2.05, 4.69) is 6.92 Å². The van der Waals surface area contributed by atoms with Crippen LogP contribution in [0.1, 0.15) is 84.0 Å². The molecule has 1 aromatic carbocycles. The molecular weight excluding hydrogens is 410 g/mol. The smallest absolute Gasteiger partial charge is 0.228 e. The van der Waals surface area contributed by atoms with Crippen molar-refractivity contribution in [2.75, 3.05) is 13.7 Å². The van der Waals surface area contributed by atoms with Crippen LogP contribution in [0, 0.1) is 23.7 Å². The van der Waals surface area contributed by atoms with E-state index in [1.807, 2.05) is 12.1 Å². The maximum absolute atomic E-state index is 12.8. The van der Waals surface area contributed by atoms with Crippen molar-refractivity contribution >= 4 is 14.7 Å². The van der Waals surface area contributed by atoms with E-state index in [1.54, 1.807) is 6.07 Å². The van der Waals surface area contributed by atoms with Gasteiger partial charge in [0.1, 0.15) is 0 Å². The average Bonchev–Trinajstić information content (AvgIpc) is 2.80. The molecular formula is C26H40F2O2Si. The summed E-state index contributed by atoms with van der Waals surface area (Å²) in [6.45, 7) is 0.443. The summed E-state index contributed by atoms with van der Waals surface area (Å²) in [5.74, 6) is 4.32. The zero-order valence-corrected chi connectivity index (χ0v) is 20.2. The maximum atomic E-state index is 12.8.